The highest BCUT2D eigenvalue weighted by Crippen LogP contribution is 2.25. The number of ether oxygens (including phenoxy) is 1. The molecule has 1 N–H and O–H groups in total. The van der Waals surface area contributed by atoms with Crippen molar-refractivity contribution in [2.24, 2.45) is 5.92 Å². The summed E-state index contributed by atoms with van der Waals surface area (Å²) in [5.74, 6) is 0.717. The number of carbonyl (C=O) groups excluding carboxylic acids is 1. The van der Waals surface area contributed by atoms with Gasteiger partial charge in [-0.2, -0.15) is 0 Å². The predicted molar refractivity (Wildman–Crippen MR) is 47.5 cm³/mol. The van der Waals surface area contributed by atoms with E-state index in [0.717, 1.165) is 6.42 Å². The molecule has 3 nitrogen and oxygen atoms in total. The van der Waals surface area contributed by atoms with E-state index in [1.165, 1.54) is 0 Å². The highest BCUT2D eigenvalue weighted by molar-refractivity contribution is 7.80. The lowest BCUT2D eigenvalue weighted by molar-refractivity contribution is 0.167. The predicted octanol–water partition coefficient (Wildman–Crippen LogP) is 1.51. The SMILES string of the molecule is O=C1NC(=S)C2CC=CC=C2O1. The monoisotopic (exact) mass is 181 g/mol. The summed E-state index contributed by atoms with van der Waals surface area (Å²) in [6, 6.07) is 0. The van der Waals surface area contributed by atoms with Gasteiger partial charge >= 0.3 is 6.09 Å². The van der Waals surface area contributed by atoms with Crippen molar-refractivity contribution >= 4 is 23.3 Å². The van der Waals surface area contributed by atoms with Gasteiger partial charge in [-0.3, -0.25) is 5.32 Å². The van der Waals surface area contributed by atoms with Gasteiger partial charge in [0.05, 0.1) is 10.9 Å². The second kappa shape index (κ2) is 2.71. The molecule has 1 aliphatic heterocycles. The molecule has 4 heteroatoms. The number of amides is 1. The number of alkyl carbamates (subject to hydrolysis) is 1. The smallest absolute Gasteiger partial charge is 0.414 e. The highest BCUT2D eigenvalue weighted by Gasteiger charge is 2.29. The summed E-state index contributed by atoms with van der Waals surface area (Å²) in [5.41, 5.74) is 0. The molecular weight excluding hydrogens is 174 g/mol. The number of hydrogen-bond donors (Lipinski definition) is 1. The first-order valence-electron chi connectivity index (χ1n) is 3.67. The van der Waals surface area contributed by atoms with Crippen LogP contribution in [0.1, 0.15) is 6.42 Å². The lowest BCUT2D eigenvalue weighted by Crippen LogP contribution is -2.42. The Kier molecular flexibility index (Phi) is 1.69. The summed E-state index contributed by atoms with van der Waals surface area (Å²) < 4.78 is 4.93. The number of carbonyl (C=O) groups is 1. The minimum Gasteiger partial charge on any atom is -0.414 e. The van der Waals surface area contributed by atoms with Crippen LogP contribution in [0.4, 0.5) is 4.79 Å². The molecule has 12 heavy (non-hydrogen) atoms. The average Bonchev–Trinajstić information content (AvgIpc) is 2.04. The normalized spacial score (nSPS) is 27.0. The largest absolute Gasteiger partial charge is 0.417 e. The van der Waals surface area contributed by atoms with Crippen molar-refractivity contribution in [1.82, 2.24) is 5.32 Å². The van der Waals surface area contributed by atoms with Crippen LogP contribution < -0.4 is 5.32 Å². The molecule has 1 amide bonds. The van der Waals surface area contributed by atoms with Gasteiger partial charge < -0.3 is 4.74 Å². The van der Waals surface area contributed by atoms with E-state index in [1.807, 2.05) is 12.2 Å². The van der Waals surface area contributed by atoms with Crippen molar-refractivity contribution in [3.63, 3.8) is 0 Å². The van der Waals surface area contributed by atoms with E-state index in [4.69, 9.17) is 17.0 Å². The number of hydrogen-bond acceptors (Lipinski definition) is 3. The first-order valence-corrected chi connectivity index (χ1v) is 4.07. The average molecular weight is 181 g/mol. The fourth-order valence-corrected chi connectivity index (χ4v) is 1.57. The summed E-state index contributed by atoms with van der Waals surface area (Å²) in [6.45, 7) is 0. The molecule has 1 aliphatic carbocycles. The zero-order valence-corrected chi connectivity index (χ0v) is 7.06. The van der Waals surface area contributed by atoms with Crippen LogP contribution in [-0.4, -0.2) is 11.1 Å². The Bertz CT molecular complexity index is 306. The van der Waals surface area contributed by atoms with E-state index < -0.39 is 6.09 Å². The third-order valence-corrected chi connectivity index (χ3v) is 2.25. The summed E-state index contributed by atoms with van der Waals surface area (Å²) in [4.78, 5) is 11.4. The van der Waals surface area contributed by atoms with Crippen molar-refractivity contribution in [2.45, 2.75) is 6.42 Å². The van der Waals surface area contributed by atoms with Gasteiger partial charge in [0, 0.05) is 0 Å². The van der Waals surface area contributed by atoms with Crippen LogP contribution in [0, 0.1) is 5.92 Å². The van der Waals surface area contributed by atoms with Gasteiger partial charge in [-0.1, -0.05) is 24.4 Å². The number of fused-ring (bicyclic) bond motifs is 1. The Balaban J connectivity index is 2.30. The van der Waals surface area contributed by atoms with Gasteiger partial charge in [-0.05, 0) is 12.5 Å². The third-order valence-electron chi connectivity index (χ3n) is 1.86. The summed E-state index contributed by atoms with van der Waals surface area (Å²) >= 11 is 4.99. The van der Waals surface area contributed by atoms with Gasteiger partial charge in [-0.15, -0.1) is 0 Å². The maximum atomic E-state index is 10.8. The van der Waals surface area contributed by atoms with Crippen molar-refractivity contribution in [1.29, 1.82) is 0 Å². The van der Waals surface area contributed by atoms with E-state index in [-0.39, 0.29) is 5.92 Å². The standard InChI is InChI=1S/C8H7NO2S/c10-8-9-7(12)5-3-1-2-4-6(5)11-8/h1-2,4-5H,3H2,(H,9,10,12). The lowest BCUT2D eigenvalue weighted by atomic mass is 9.97. The Hall–Kier alpha value is -1.16. The van der Waals surface area contributed by atoms with Gasteiger partial charge in [0.2, 0.25) is 0 Å². The van der Waals surface area contributed by atoms with Crippen molar-refractivity contribution in [2.75, 3.05) is 0 Å². The Labute approximate surface area is 75.1 Å². The van der Waals surface area contributed by atoms with Gasteiger partial charge in [0.15, 0.2) is 0 Å². The van der Waals surface area contributed by atoms with Crippen molar-refractivity contribution in [3.05, 3.63) is 24.0 Å². The van der Waals surface area contributed by atoms with Gasteiger partial charge in [-0.25, -0.2) is 4.79 Å². The molecule has 0 spiro atoms. The maximum Gasteiger partial charge on any atom is 0.417 e. The van der Waals surface area contributed by atoms with E-state index in [0.29, 0.717) is 10.7 Å². The van der Waals surface area contributed by atoms with Gasteiger partial charge in [0.25, 0.3) is 0 Å². The van der Waals surface area contributed by atoms with Crippen LogP contribution in [-0.2, 0) is 4.74 Å². The summed E-state index contributed by atoms with van der Waals surface area (Å²) in [5, 5.41) is 2.47. The van der Waals surface area contributed by atoms with E-state index >= 15 is 0 Å². The fourth-order valence-electron chi connectivity index (χ4n) is 1.27. The summed E-state index contributed by atoms with van der Waals surface area (Å²) in [7, 11) is 0. The zero-order chi connectivity index (χ0) is 8.55. The second-order valence-electron chi connectivity index (χ2n) is 2.66. The number of rotatable bonds is 0. The molecule has 0 bridgehead atoms. The zero-order valence-electron chi connectivity index (χ0n) is 6.24. The summed E-state index contributed by atoms with van der Waals surface area (Å²) in [6.07, 6.45) is 5.98. The highest BCUT2D eigenvalue weighted by atomic mass is 32.1. The Morgan fingerprint density at radius 3 is 3.33 bits per heavy atom. The Morgan fingerprint density at radius 1 is 1.67 bits per heavy atom. The van der Waals surface area contributed by atoms with Crippen LogP contribution >= 0.6 is 12.2 Å². The molecule has 1 fully saturated rings. The van der Waals surface area contributed by atoms with E-state index in [9.17, 15) is 4.79 Å². The molecule has 2 rings (SSSR count). The first kappa shape index (κ1) is 7.49. The molecule has 0 saturated carbocycles. The quantitative estimate of drug-likeness (QED) is 0.576. The molecule has 0 aromatic rings. The van der Waals surface area contributed by atoms with E-state index in [2.05, 4.69) is 5.32 Å². The minimum absolute atomic E-state index is 0.0581. The topological polar surface area (TPSA) is 38.3 Å². The molecule has 1 unspecified atom stereocenters. The molecule has 2 aliphatic rings. The third kappa shape index (κ3) is 1.14. The molecule has 62 valence electrons. The maximum absolute atomic E-state index is 10.8. The van der Waals surface area contributed by atoms with Crippen molar-refractivity contribution in [3.8, 4) is 0 Å². The molecule has 1 heterocycles. The lowest BCUT2D eigenvalue weighted by Gasteiger charge is -2.26. The molecule has 0 aromatic carbocycles. The first-order chi connectivity index (χ1) is 5.77. The number of thiocarbonyl (C=S) groups is 1. The molecular formula is C8H7NO2S. The second-order valence-corrected chi connectivity index (χ2v) is 3.10. The molecule has 0 radical (unpaired) electrons. The van der Waals surface area contributed by atoms with Crippen molar-refractivity contribution < 1.29 is 9.53 Å². The van der Waals surface area contributed by atoms with Crippen LogP contribution in [0.25, 0.3) is 0 Å². The molecule has 1 saturated heterocycles. The molecule has 1 atom stereocenters. The van der Waals surface area contributed by atoms with Crippen LogP contribution in [0.3, 0.4) is 0 Å². The van der Waals surface area contributed by atoms with Crippen LogP contribution in [0.2, 0.25) is 0 Å². The van der Waals surface area contributed by atoms with Gasteiger partial charge in [0.1, 0.15) is 5.76 Å². The minimum atomic E-state index is -0.474. The van der Waals surface area contributed by atoms with Crippen LogP contribution in [0.15, 0.2) is 24.0 Å². The number of allylic oxidation sites excluding steroid dienone is 3. The Morgan fingerprint density at radius 2 is 2.50 bits per heavy atom. The number of nitrogens with one attached hydrogen (secondary N) is 1. The fraction of sp³-hybridized carbons (Fsp3) is 0.250. The van der Waals surface area contributed by atoms with E-state index in [1.54, 1.807) is 6.08 Å². The van der Waals surface area contributed by atoms with Crippen LogP contribution in [0.5, 0.6) is 0 Å². The molecule has 0 aromatic heterocycles.